The van der Waals surface area contributed by atoms with Gasteiger partial charge >= 0.3 is 0 Å². The van der Waals surface area contributed by atoms with Gasteiger partial charge in [-0.2, -0.15) is 0 Å². The first-order valence-electron chi connectivity index (χ1n) is 5.65. The maximum atomic E-state index is 11.1. The second-order valence-electron chi connectivity index (χ2n) is 2.83. The van der Waals surface area contributed by atoms with Crippen LogP contribution >= 0.6 is 0 Å². The molecule has 0 unspecified atom stereocenters. The Bertz CT molecular complexity index is 384. The molecular formula is C13H19NO2. The van der Waals surface area contributed by atoms with E-state index in [2.05, 4.69) is 5.32 Å². The average Bonchev–Trinajstić information content (AvgIpc) is 2.61. The van der Waals surface area contributed by atoms with Crippen LogP contribution in [0.15, 0.2) is 18.2 Å². The molecule has 1 amide bonds. The van der Waals surface area contributed by atoms with Crippen LogP contribution in [0.1, 0.15) is 43.6 Å². The summed E-state index contributed by atoms with van der Waals surface area (Å²) < 4.78 is 0. The fourth-order valence-electron chi connectivity index (χ4n) is 1.26. The molecule has 3 heteroatoms. The fraction of sp³-hybridized carbons (Fsp3) is 0.385. The summed E-state index contributed by atoms with van der Waals surface area (Å²) in [4.78, 5) is 22.0. The third-order valence-electron chi connectivity index (χ3n) is 1.87. The number of Topliss-reactive ketones (excluding diaryl/α,β-unsaturated/α-hetero) is 1. The van der Waals surface area contributed by atoms with E-state index in [9.17, 15) is 9.59 Å². The number of aryl methyl sites for hydroxylation is 1. The lowest BCUT2D eigenvalue weighted by Crippen LogP contribution is -2.12. The highest BCUT2D eigenvalue weighted by Crippen LogP contribution is 2.23. The van der Waals surface area contributed by atoms with Gasteiger partial charge in [-0.25, -0.2) is 0 Å². The number of anilines is 1. The summed E-state index contributed by atoms with van der Waals surface area (Å²) in [6, 6.07) is 5.32. The number of carbonyl (C=O) groups excluding carboxylic acids is 2. The SMILES string of the molecule is CC.CC.Cc1ccc2c(c1)C(=O)C(=O)N2. The van der Waals surface area contributed by atoms with Crippen LogP contribution in [-0.4, -0.2) is 11.7 Å². The molecule has 88 valence electrons. The Morgan fingerprint density at radius 1 is 1.00 bits per heavy atom. The van der Waals surface area contributed by atoms with Crippen LogP contribution in [0.5, 0.6) is 0 Å². The van der Waals surface area contributed by atoms with Crippen LogP contribution < -0.4 is 5.32 Å². The number of fused-ring (bicyclic) bond motifs is 1. The summed E-state index contributed by atoms with van der Waals surface area (Å²) >= 11 is 0. The first-order chi connectivity index (χ1) is 7.68. The number of rotatable bonds is 0. The molecule has 0 atom stereocenters. The van der Waals surface area contributed by atoms with Crippen molar-refractivity contribution in [1.82, 2.24) is 0 Å². The van der Waals surface area contributed by atoms with Gasteiger partial charge in [-0.15, -0.1) is 0 Å². The fourth-order valence-corrected chi connectivity index (χ4v) is 1.26. The van der Waals surface area contributed by atoms with E-state index in [1.165, 1.54) is 0 Å². The Morgan fingerprint density at radius 2 is 1.56 bits per heavy atom. The lowest BCUT2D eigenvalue weighted by Gasteiger charge is -1.96. The van der Waals surface area contributed by atoms with Crippen molar-refractivity contribution >= 4 is 17.4 Å². The minimum atomic E-state index is -0.532. The zero-order valence-electron chi connectivity index (χ0n) is 10.5. The van der Waals surface area contributed by atoms with E-state index in [1.54, 1.807) is 12.1 Å². The smallest absolute Gasteiger partial charge is 0.296 e. The Hall–Kier alpha value is -1.64. The summed E-state index contributed by atoms with van der Waals surface area (Å²) in [5.41, 5.74) is 2.09. The summed E-state index contributed by atoms with van der Waals surface area (Å²) in [5.74, 6) is -0.968. The molecule has 16 heavy (non-hydrogen) atoms. The van der Waals surface area contributed by atoms with Gasteiger partial charge in [0.1, 0.15) is 0 Å². The van der Waals surface area contributed by atoms with E-state index in [4.69, 9.17) is 0 Å². The zero-order valence-corrected chi connectivity index (χ0v) is 10.5. The standard InChI is InChI=1S/C9H7NO2.2C2H6/c1-5-2-3-7-6(4-5)8(11)9(12)10-7;2*1-2/h2-4H,1H3,(H,10,11,12);2*1-2H3. The summed E-state index contributed by atoms with van der Waals surface area (Å²) in [5, 5.41) is 2.49. The predicted molar refractivity (Wildman–Crippen MR) is 66.8 cm³/mol. The molecule has 1 aromatic rings. The van der Waals surface area contributed by atoms with E-state index in [0.29, 0.717) is 11.3 Å². The number of ketones is 1. The Morgan fingerprint density at radius 3 is 2.12 bits per heavy atom. The molecule has 1 heterocycles. The van der Waals surface area contributed by atoms with Crippen molar-refractivity contribution in [3.05, 3.63) is 29.3 Å². The maximum absolute atomic E-state index is 11.1. The molecule has 0 saturated carbocycles. The topological polar surface area (TPSA) is 46.2 Å². The van der Waals surface area contributed by atoms with E-state index in [-0.39, 0.29) is 0 Å². The normalized spacial score (nSPS) is 11.6. The van der Waals surface area contributed by atoms with Crippen molar-refractivity contribution in [2.45, 2.75) is 34.6 Å². The quantitative estimate of drug-likeness (QED) is 0.684. The van der Waals surface area contributed by atoms with Crippen LogP contribution in [-0.2, 0) is 4.79 Å². The molecule has 0 saturated heterocycles. The molecule has 0 aromatic heterocycles. The van der Waals surface area contributed by atoms with Crippen LogP contribution in [0.25, 0.3) is 0 Å². The first kappa shape index (κ1) is 14.4. The van der Waals surface area contributed by atoms with Crippen molar-refractivity contribution in [2.75, 3.05) is 5.32 Å². The number of benzene rings is 1. The van der Waals surface area contributed by atoms with Gasteiger partial charge in [0, 0.05) is 0 Å². The van der Waals surface area contributed by atoms with Crippen LogP contribution in [0.4, 0.5) is 5.69 Å². The molecule has 0 bridgehead atoms. The van der Waals surface area contributed by atoms with Gasteiger partial charge in [0.05, 0.1) is 11.3 Å². The number of amides is 1. The molecule has 1 aromatic carbocycles. The number of nitrogens with one attached hydrogen (secondary N) is 1. The Kier molecular flexibility index (Phi) is 6.08. The first-order valence-corrected chi connectivity index (χ1v) is 5.65. The molecule has 2 rings (SSSR count). The molecule has 1 aliphatic rings. The molecule has 1 aliphatic heterocycles. The monoisotopic (exact) mass is 221 g/mol. The molecule has 0 aliphatic carbocycles. The molecule has 0 spiro atoms. The molecular weight excluding hydrogens is 202 g/mol. The molecule has 3 nitrogen and oxygen atoms in total. The van der Waals surface area contributed by atoms with Gasteiger partial charge in [-0.1, -0.05) is 39.3 Å². The maximum Gasteiger partial charge on any atom is 0.296 e. The van der Waals surface area contributed by atoms with Gasteiger partial charge in [-0.05, 0) is 19.1 Å². The van der Waals surface area contributed by atoms with Crippen LogP contribution in [0.3, 0.4) is 0 Å². The number of hydrogen-bond acceptors (Lipinski definition) is 2. The third-order valence-corrected chi connectivity index (χ3v) is 1.87. The molecule has 0 radical (unpaired) electrons. The summed E-state index contributed by atoms with van der Waals surface area (Å²) in [6.45, 7) is 9.89. The predicted octanol–water partition coefficient (Wildman–Crippen LogP) is 3.18. The highest BCUT2D eigenvalue weighted by molar-refractivity contribution is 6.51. The lowest BCUT2D eigenvalue weighted by molar-refractivity contribution is -0.112. The Labute approximate surface area is 96.9 Å². The van der Waals surface area contributed by atoms with E-state index in [1.807, 2.05) is 40.7 Å². The van der Waals surface area contributed by atoms with Crippen molar-refractivity contribution in [3.63, 3.8) is 0 Å². The molecule has 0 fully saturated rings. The second-order valence-corrected chi connectivity index (χ2v) is 2.83. The summed E-state index contributed by atoms with van der Waals surface area (Å²) in [7, 11) is 0. The highest BCUT2D eigenvalue weighted by atomic mass is 16.2. The average molecular weight is 221 g/mol. The van der Waals surface area contributed by atoms with Gasteiger partial charge < -0.3 is 5.32 Å². The van der Waals surface area contributed by atoms with Crippen molar-refractivity contribution in [2.24, 2.45) is 0 Å². The summed E-state index contributed by atoms with van der Waals surface area (Å²) in [6.07, 6.45) is 0. The minimum absolute atomic E-state index is 0.436. The van der Waals surface area contributed by atoms with Gasteiger partial charge in [0.2, 0.25) is 0 Å². The van der Waals surface area contributed by atoms with E-state index >= 15 is 0 Å². The zero-order chi connectivity index (χ0) is 12.7. The van der Waals surface area contributed by atoms with Crippen LogP contribution in [0.2, 0.25) is 0 Å². The minimum Gasteiger partial charge on any atom is -0.318 e. The number of carbonyl (C=O) groups is 2. The van der Waals surface area contributed by atoms with Crippen molar-refractivity contribution in [1.29, 1.82) is 0 Å². The second kappa shape index (κ2) is 6.77. The van der Waals surface area contributed by atoms with Gasteiger partial charge in [-0.3, -0.25) is 9.59 Å². The highest BCUT2D eigenvalue weighted by Gasteiger charge is 2.27. The van der Waals surface area contributed by atoms with Crippen molar-refractivity contribution < 1.29 is 9.59 Å². The third kappa shape index (κ3) is 2.92. The largest absolute Gasteiger partial charge is 0.318 e. The van der Waals surface area contributed by atoms with Crippen molar-refractivity contribution in [3.8, 4) is 0 Å². The van der Waals surface area contributed by atoms with Gasteiger partial charge in [0.15, 0.2) is 0 Å². The lowest BCUT2D eigenvalue weighted by atomic mass is 10.1. The van der Waals surface area contributed by atoms with Crippen LogP contribution in [0, 0.1) is 6.92 Å². The van der Waals surface area contributed by atoms with Gasteiger partial charge in [0.25, 0.3) is 11.7 Å². The number of hydrogen-bond donors (Lipinski definition) is 1. The Balaban J connectivity index is 0.000000509. The van der Waals surface area contributed by atoms with E-state index in [0.717, 1.165) is 5.56 Å². The van der Waals surface area contributed by atoms with E-state index < -0.39 is 11.7 Å². The molecule has 1 N–H and O–H groups in total.